The molecule has 0 aromatic carbocycles. The largest absolute Gasteiger partial charge is 0.316 e. The minimum atomic E-state index is 0.834. The van der Waals surface area contributed by atoms with Crippen molar-refractivity contribution in [3.63, 3.8) is 0 Å². The van der Waals surface area contributed by atoms with E-state index in [0.29, 0.717) is 0 Å². The summed E-state index contributed by atoms with van der Waals surface area (Å²) in [5.74, 6) is 4.25. The van der Waals surface area contributed by atoms with E-state index in [-0.39, 0.29) is 0 Å². The van der Waals surface area contributed by atoms with Crippen LogP contribution < -0.4 is 5.32 Å². The number of thioether (sulfide) groups is 1. The molecule has 0 aliphatic rings. The number of rotatable bonds is 9. The second kappa shape index (κ2) is 9.85. The first kappa shape index (κ1) is 14.3. The van der Waals surface area contributed by atoms with Crippen LogP contribution in [0.2, 0.25) is 0 Å². The molecule has 0 rings (SSSR count). The Morgan fingerprint density at radius 1 is 1.00 bits per heavy atom. The van der Waals surface area contributed by atoms with Gasteiger partial charge in [-0.2, -0.15) is 11.8 Å². The Bertz CT molecular complexity index is 98.9. The normalized spacial score (nSPS) is 11.6. The van der Waals surface area contributed by atoms with Gasteiger partial charge in [-0.05, 0) is 37.0 Å². The van der Waals surface area contributed by atoms with Crippen molar-refractivity contribution in [2.24, 2.45) is 11.8 Å². The van der Waals surface area contributed by atoms with Gasteiger partial charge in [0.15, 0.2) is 0 Å². The minimum Gasteiger partial charge on any atom is -0.316 e. The Labute approximate surface area is 94.4 Å². The third-order valence-electron chi connectivity index (χ3n) is 2.01. The van der Waals surface area contributed by atoms with Crippen LogP contribution >= 0.6 is 11.8 Å². The number of hydrogen-bond acceptors (Lipinski definition) is 2. The molecule has 14 heavy (non-hydrogen) atoms. The first-order chi connectivity index (χ1) is 6.63. The van der Waals surface area contributed by atoms with E-state index in [9.17, 15) is 0 Å². The van der Waals surface area contributed by atoms with Gasteiger partial charge in [0.05, 0.1) is 0 Å². The molecule has 0 aliphatic heterocycles. The number of hydrogen-bond donors (Lipinski definition) is 1. The van der Waals surface area contributed by atoms with Crippen LogP contribution in [0.25, 0.3) is 0 Å². The van der Waals surface area contributed by atoms with Gasteiger partial charge < -0.3 is 5.32 Å². The van der Waals surface area contributed by atoms with Crippen molar-refractivity contribution in [3.05, 3.63) is 0 Å². The first-order valence-electron chi connectivity index (χ1n) is 5.91. The second-order valence-corrected chi connectivity index (χ2v) is 5.90. The van der Waals surface area contributed by atoms with Gasteiger partial charge in [0.1, 0.15) is 0 Å². The highest BCUT2D eigenvalue weighted by Gasteiger charge is 1.95. The summed E-state index contributed by atoms with van der Waals surface area (Å²) in [4.78, 5) is 0. The van der Waals surface area contributed by atoms with Crippen LogP contribution in [-0.4, -0.2) is 24.6 Å². The van der Waals surface area contributed by atoms with Gasteiger partial charge in [-0.15, -0.1) is 0 Å². The summed E-state index contributed by atoms with van der Waals surface area (Å²) in [5.41, 5.74) is 0. The molecular formula is C12H27NS. The average Bonchev–Trinajstić information content (AvgIpc) is 2.08. The molecule has 2 heteroatoms. The van der Waals surface area contributed by atoms with Gasteiger partial charge in [-0.1, -0.05) is 27.7 Å². The molecule has 0 aromatic heterocycles. The molecule has 1 nitrogen and oxygen atoms in total. The quantitative estimate of drug-likeness (QED) is 0.594. The molecule has 0 fully saturated rings. The van der Waals surface area contributed by atoms with Gasteiger partial charge in [0, 0.05) is 12.3 Å². The topological polar surface area (TPSA) is 12.0 Å². The van der Waals surface area contributed by atoms with Gasteiger partial charge in [0.2, 0.25) is 0 Å². The van der Waals surface area contributed by atoms with E-state index < -0.39 is 0 Å². The van der Waals surface area contributed by atoms with Crippen LogP contribution in [0.3, 0.4) is 0 Å². The average molecular weight is 217 g/mol. The number of nitrogens with one attached hydrogen (secondary N) is 1. The van der Waals surface area contributed by atoms with E-state index in [0.717, 1.165) is 11.8 Å². The van der Waals surface area contributed by atoms with Gasteiger partial charge >= 0.3 is 0 Å². The van der Waals surface area contributed by atoms with Gasteiger partial charge in [0.25, 0.3) is 0 Å². The van der Waals surface area contributed by atoms with E-state index in [1.807, 2.05) is 0 Å². The van der Waals surface area contributed by atoms with E-state index in [4.69, 9.17) is 0 Å². The van der Waals surface area contributed by atoms with E-state index in [2.05, 4.69) is 44.8 Å². The van der Waals surface area contributed by atoms with E-state index in [1.54, 1.807) is 0 Å². The highest BCUT2D eigenvalue weighted by molar-refractivity contribution is 7.99. The lowest BCUT2D eigenvalue weighted by Gasteiger charge is -2.07. The molecule has 0 bridgehead atoms. The van der Waals surface area contributed by atoms with E-state index in [1.165, 1.54) is 37.4 Å². The summed E-state index contributed by atoms with van der Waals surface area (Å²) in [5, 5.41) is 3.49. The summed E-state index contributed by atoms with van der Waals surface area (Å²) >= 11 is 2.06. The molecule has 0 unspecified atom stereocenters. The Hall–Kier alpha value is 0.310. The third kappa shape index (κ3) is 12.3. The molecule has 0 saturated carbocycles. The lowest BCUT2D eigenvalue weighted by Crippen LogP contribution is -2.19. The Morgan fingerprint density at radius 2 is 1.71 bits per heavy atom. The van der Waals surface area contributed by atoms with Crippen LogP contribution in [0.4, 0.5) is 0 Å². The Morgan fingerprint density at radius 3 is 2.29 bits per heavy atom. The zero-order valence-electron chi connectivity index (χ0n) is 10.3. The molecule has 0 aromatic rings. The van der Waals surface area contributed by atoms with Crippen LogP contribution in [0.5, 0.6) is 0 Å². The maximum absolute atomic E-state index is 3.49. The van der Waals surface area contributed by atoms with Crippen molar-refractivity contribution in [1.29, 1.82) is 0 Å². The first-order valence-corrected chi connectivity index (χ1v) is 7.07. The molecule has 1 N–H and O–H groups in total. The van der Waals surface area contributed by atoms with E-state index >= 15 is 0 Å². The van der Waals surface area contributed by atoms with Crippen molar-refractivity contribution in [3.8, 4) is 0 Å². The molecule has 86 valence electrons. The summed E-state index contributed by atoms with van der Waals surface area (Å²) in [6.45, 7) is 11.5. The summed E-state index contributed by atoms with van der Waals surface area (Å²) in [6.07, 6.45) is 2.68. The lowest BCUT2D eigenvalue weighted by atomic mass is 10.1. The molecule has 0 spiro atoms. The molecule has 0 saturated heterocycles. The standard InChI is InChI=1S/C12H27NS/c1-11(2)6-5-7-13-8-9-14-10-12(3)4/h11-13H,5-10H2,1-4H3. The van der Waals surface area contributed by atoms with Gasteiger partial charge in [-0.25, -0.2) is 0 Å². The smallest absolute Gasteiger partial charge is 0.00582 e. The summed E-state index contributed by atoms with van der Waals surface area (Å²) in [6, 6.07) is 0. The monoisotopic (exact) mass is 217 g/mol. The van der Waals surface area contributed by atoms with Crippen molar-refractivity contribution in [1.82, 2.24) is 5.32 Å². The molecule has 0 heterocycles. The van der Waals surface area contributed by atoms with Crippen LogP contribution in [0.15, 0.2) is 0 Å². The van der Waals surface area contributed by atoms with Gasteiger partial charge in [-0.3, -0.25) is 0 Å². The molecule has 0 aliphatic carbocycles. The highest BCUT2D eigenvalue weighted by atomic mass is 32.2. The highest BCUT2D eigenvalue weighted by Crippen LogP contribution is 2.06. The van der Waals surface area contributed by atoms with Crippen molar-refractivity contribution >= 4 is 11.8 Å². The molecule has 0 amide bonds. The Balaban J connectivity index is 2.92. The maximum atomic E-state index is 3.49. The van der Waals surface area contributed by atoms with Crippen LogP contribution in [-0.2, 0) is 0 Å². The van der Waals surface area contributed by atoms with Crippen molar-refractivity contribution in [2.75, 3.05) is 24.6 Å². The predicted molar refractivity (Wildman–Crippen MR) is 69.1 cm³/mol. The zero-order valence-corrected chi connectivity index (χ0v) is 11.1. The van der Waals surface area contributed by atoms with Crippen LogP contribution in [0.1, 0.15) is 40.5 Å². The fourth-order valence-corrected chi connectivity index (χ4v) is 2.15. The maximum Gasteiger partial charge on any atom is 0.00582 e. The fourth-order valence-electron chi connectivity index (χ4n) is 1.22. The second-order valence-electron chi connectivity index (χ2n) is 4.75. The molecule has 0 radical (unpaired) electrons. The SMILES string of the molecule is CC(C)CCCNCCSCC(C)C. The van der Waals surface area contributed by atoms with Crippen molar-refractivity contribution in [2.45, 2.75) is 40.5 Å². The molecular weight excluding hydrogens is 190 g/mol. The molecule has 0 atom stereocenters. The zero-order chi connectivity index (χ0) is 10.8. The summed E-state index contributed by atoms with van der Waals surface area (Å²) in [7, 11) is 0. The minimum absolute atomic E-state index is 0.834. The van der Waals surface area contributed by atoms with Crippen LogP contribution in [0, 0.1) is 11.8 Å². The summed E-state index contributed by atoms with van der Waals surface area (Å²) < 4.78 is 0. The predicted octanol–water partition coefficient (Wildman–Crippen LogP) is 3.40. The van der Waals surface area contributed by atoms with Crippen molar-refractivity contribution < 1.29 is 0 Å². The lowest BCUT2D eigenvalue weighted by molar-refractivity contribution is 0.534. The fraction of sp³-hybridized carbons (Fsp3) is 1.00. The Kier molecular flexibility index (Phi) is 10.1. The third-order valence-corrected chi connectivity index (χ3v) is 3.40.